The topological polar surface area (TPSA) is 52.6 Å². The van der Waals surface area contributed by atoms with Crippen LogP contribution in [-0.4, -0.2) is 19.6 Å². The van der Waals surface area contributed by atoms with Gasteiger partial charge in [-0.15, -0.1) is 0 Å². The molecule has 0 aliphatic carbocycles. The third kappa shape index (κ3) is 4.14. The molecule has 2 aromatic rings. The molecule has 0 N–H and O–H groups in total. The Morgan fingerprint density at radius 3 is 1.62 bits per heavy atom. The first-order valence-corrected chi connectivity index (χ1v) is 5.91. The Bertz CT molecular complexity index is 618. The summed E-state index contributed by atoms with van der Waals surface area (Å²) in [5.41, 5.74) is -0.00592. The Labute approximate surface area is 119 Å². The first-order valence-electron chi connectivity index (χ1n) is 5.91. The molecule has 0 aliphatic rings. The van der Waals surface area contributed by atoms with E-state index in [2.05, 4.69) is 9.31 Å². The first-order chi connectivity index (χ1) is 10.1. The van der Waals surface area contributed by atoms with Gasteiger partial charge < -0.3 is 9.31 Å². The average molecular weight is 290 g/mol. The lowest BCUT2D eigenvalue weighted by Gasteiger charge is -2.05. The minimum absolute atomic E-state index is 0.00296. The summed E-state index contributed by atoms with van der Waals surface area (Å²) < 4.78 is 35.1. The molecule has 0 saturated heterocycles. The summed E-state index contributed by atoms with van der Waals surface area (Å²) >= 11 is 0. The highest BCUT2D eigenvalue weighted by molar-refractivity contribution is 6.28. The third-order valence-corrected chi connectivity index (χ3v) is 2.50. The number of rotatable bonds is 4. The highest BCUT2D eigenvalue weighted by Crippen LogP contribution is 2.07. The van der Waals surface area contributed by atoms with Crippen molar-refractivity contribution < 1.29 is 27.7 Å². The molecule has 0 bridgehead atoms. The number of hydrogen-bond donors (Lipinski definition) is 0. The van der Waals surface area contributed by atoms with E-state index >= 15 is 0 Å². The molecule has 0 amide bonds. The van der Waals surface area contributed by atoms with Gasteiger partial charge in [0.05, 0.1) is 11.1 Å². The van der Waals surface area contributed by atoms with Crippen molar-refractivity contribution in [2.45, 2.75) is 0 Å². The second kappa shape index (κ2) is 6.65. The van der Waals surface area contributed by atoms with E-state index in [1.165, 1.54) is 36.4 Å². The van der Waals surface area contributed by atoms with Crippen molar-refractivity contribution in [1.82, 2.24) is 0 Å². The fraction of sp³-hybridized carbons (Fsp3) is 0. The first kappa shape index (κ1) is 14.7. The summed E-state index contributed by atoms with van der Waals surface area (Å²) in [5.74, 6) is -2.83. The molecule has 2 aromatic carbocycles. The van der Waals surface area contributed by atoms with Gasteiger partial charge in [0.15, 0.2) is 0 Å². The SMILES string of the molecule is O=C(OBOC(=O)c1cccc(F)c1)c1cccc(F)c1. The van der Waals surface area contributed by atoms with E-state index in [0.717, 1.165) is 12.1 Å². The quantitative estimate of drug-likeness (QED) is 0.810. The van der Waals surface area contributed by atoms with Crippen molar-refractivity contribution in [3.05, 3.63) is 71.3 Å². The molecule has 106 valence electrons. The van der Waals surface area contributed by atoms with Crippen LogP contribution in [0.4, 0.5) is 8.78 Å². The zero-order chi connectivity index (χ0) is 15.2. The van der Waals surface area contributed by atoms with Crippen molar-refractivity contribution >= 4 is 19.6 Å². The molecule has 0 saturated carbocycles. The normalized spacial score (nSPS) is 9.81. The molecule has 0 spiro atoms. The number of benzene rings is 2. The molecule has 0 atom stereocenters. The zero-order valence-electron chi connectivity index (χ0n) is 10.7. The molecule has 0 unspecified atom stereocenters. The maximum Gasteiger partial charge on any atom is 0.580 e. The van der Waals surface area contributed by atoms with E-state index in [1.807, 2.05) is 0 Å². The van der Waals surface area contributed by atoms with Gasteiger partial charge in [-0.2, -0.15) is 0 Å². The lowest BCUT2D eigenvalue weighted by molar-refractivity contribution is 0.0631. The van der Waals surface area contributed by atoms with E-state index in [9.17, 15) is 18.4 Å². The van der Waals surface area contributed by atoms with Gasteiger partial charge >= 0.3 is 19.6 Å². The molecule has 0 aromatic heterocycles. The van der Waals surface area contributed by atoms with Gasteiger partial charge in [0.2, 0.25) is 0 Å². The molecule has 2 rings (SSSR count). The van der Waals surface area contributed by atoms with Crippen LogP contribution in [0.2, 0.25) is 0 Å². The highest BCUT2D eigenvalue weighted by Gasteiger charge is 2.13. The summed E-state index contributed by atoms with van der Waals surface area (Å²) in [4.78, 5) is 23.1. The second-order valence-electron chi connectivity index (χ2n) is 4.00. The van der Waals surface area contributed by atoms with Crippen LogP contribution in [-0.2, 0) is 9.31 Å². The van der Waals surface area contributed by atoms with Crippen LogP contribution >= 0.6 is 0 Å². The van der Waals surface area contributed by atoms with Gasteiger partial charge in [0, 0.05) is 0 Å². The largest absolute Gasteiger partial charge is 0.580 e. The van der Waals surface area contributed by atoms with Crippen LogP contribution in [0.15, 0.2) is 48.5 Å². The Hall–Kier alpha value is -2.70. The van der Waals surface area contributed by atoms with E-state index in [-0.39, 0.29) is 11.1 Å². The predicted octanol–water partition coefficient (Wildman–Crippen LogP) is 2.25. The Morgan fingerprint density at radius 1 is 0.810 bits per heavy atom. The van der Waals surface area contributed by atoms with Gasteiger partial charge in [0.25, 0.3) is 0 Å². The van der Waals surface area contributed by atoms with Crippen molar-refractivity contribution in [2.75, 3.05) is 0 Å². The van der Waals surface area contributed by atoms with E-state index in [0.29, 0.717) is 0 Å². The predicted molar refractivity (Wildman–Crippen MR) is 70.8 cm³/mol. The summed E-state index contributed by atoms with van der Waals surface area (Å²) in [6.45, 7) is 0. The lowest BCUT2D eigenvalue weighted by Crippen LogP contribution is -2.16. The molecule has 4 nitrogen and oxygen atoms in total. The molecule has 0 heterocycles. The van der Waals surface area contributed by atoms with Crippen molar-refractivity contribution in [2.24, 2.45) is 0 Å². The molecule has 0 radical (unpaired) electrons. The molecule has 0 fully saturated rings. The number of hydrogen-bond acceptors (Lipinski definition) is 4. The standard InChI is InChI=1S/C14H9BF2O4/c16-11-5-1-3-9(7-11)13(18)20-15-21-14(19)10-4-2-6-12(17)8-10/h1-8,15H. The molecule has 0 aliphatic heterocycles. The van der Waals surface area contributed by atoms with Gasteiger partial charge in [-0.3, -0.25) is 0 Å². The van der Waals surface area contributed by atoms with Crippen LogP contribution in [0.5, 0.6) is 0 Å². The van der Waals surface area contributed by atoms with Crippen molar-refractivity contribution in [3.8, 4) is 0 Å². The second-order valence-corrected chi connectivity index (χ2v) is 4.00. The Balaban J connectivity index is 1.87. The van der Waals surface area contributed by atoms with Crippen LogP contribution < -0.4 is 0 Å². The van der Waals surface area contributed by atoms with Gasteiger partial charge in [-0.25, -0.2) is 18.4 Å². The van der Waals surface area contributed by atoms with Crippen molar-refractivity contribution in [1.29, 1.82) is 0 Å². The van der Waals surface area contributed by atoms with E-state index < -0.39 is 31.3 Å². The van der Waals surface area contributed by atoms with Crippen LogP contribution in [0.25, 0.3) is 0 Å². The average Bonchev–Trinajstić information content (AvgIpc) is 2.47. The summed E-state index contributed by atoms with van der Waals surface area (Å²) in [6, 6.07) is 9.78. The van der Waals surface area contributed by atoms with E-state index in [1.54, 1.807) is 0 Å². The summed E-state index contributed by atoms with van der Waals surface area (Å²) in [6.07, 6.45) is 0. The van der Waals surface area contributed by atoms with Gasteiger partial charge in [-0.05, 0) is 36.4 Å². The van der Waals surface area contributed by atoms with Crippen molar-refractivity contribution in [3.63, 3.8) is 0 Å². The maximum absolute atomic E-state index is 12.9. The number of halogens is 2. The monoisotopic (exact) mass is 290 g/mol. The minimum atomic E-state index is -0.832. The summed E-state index contributed by atoms with van der Waals surface area (Å²) in [5, 5.41) is 0. The van der Waals surface area contributed by atoms with Gasteiger partial charge in [0.1, 0.15) is 11.6 Å². The van der Waals surface area contributed by atoms with Crippen LogP contribution in [0, 0.1) is 11.6 Å². The molecule has 21 heavy (non-hydrogen) atoms. The van der Waals surface area contributed by atoms with Crippen LogP contribution in [0.3, 0.4) is 0 Å². The maximum atomic E-state index is 12.9. The fourth-order valence-corrected chi connectivity index (χ4v) is 1.53. The molecule has 7 heteroatoms. The van der Waals surface area contributed by atoms with Gasteiger partial charge in [-0.1, -0.05) is 12.1 Å². The fourth-order valence-electron chi connectivity index (χ4n) is 1.53. The third-order valence-electron chi connectivity index (χ3n) is 2.50. The number of carbonyl (C=O) groups excluding carboxylic acids is 2. The lowest BCUT2D eigenvalue weighted by atomic mass is 10.2. The number of carbonyl (C=O) groups is 2. The smallest absolute Gasteiger partial charge is 0.498 e. The molecular weight excluding hydrogens is 281 g/mol. The van der Waals surface area contributed by atoms with Crippen LogP contribution in [0.1, 0.15) is 20.7 Å². The summed E-state index contributed by atoms with van der Waals surface area (Å²) in [7, 11) is -0.648. The van der Waals surface area contributed by atoms with E-state index in [4.69, 9.17) is 0 Å². The zero-order valence-corrected chi connectivity index (χ0v) is 10.7. The Morgan fingerprint density at radius 2 is 1.24 bits per heavy atom. The highest BCUT2D eigenvalue weighted by atomic mass is 19.1. The minimum Gasteiger partial charge on any atom is -0.498 e. The molecular formula is C14H9BF2O4. The Kier molecular flexibility index (Phi) is 4.66.